The number of halogens is 1. The molecule has 0 atom stereocenters. The van der Waals surface area contributed by atoms with Crippen LogP contribution in [0.5, 0.6) is 0 Å². The number of aromatic nitrogens is 7. The second-order valence-corrected chi connectivity index (χ2v) is 7.46. The van der Waals surface area contributed by atoms with Gasteiger partial charge in [-0.15, -0.1) is 0 Å². The van der Waals surface area contributed by atoms with Gasteiger partial charge in [0, 0.05) is 29.7 Å². The molecule has 0 radical (unpaired) electrons. The van der Waals surface area contributed by atoms with Gasteiger partial charge in [0.1, 0.15) is 16.9 Å². The van der Waals surface area contributed by atoms with Crippen LogP contribution in [0.1, 0.15) is 0 Å². The first kappa shape index (κ1) is 16.9. The zero-order valence-electron chi connectivity index (χ0n) is 15.3. The van der Waals surface area contributed by atoms with Gasteiger partial charge in [0.25, 0.3) is 0 Å². The third kappa shape index (κ3) is 2.52. The molecule has 9 heteroatoms. The molecule has 0 aliphatic rings. The van der Waals surface area contributed by atoms with Crippen molar-refractivity contribution in [1.82, 2.24) is 35.1 Å². The Balaban J connectivity index is 1.57. The molecule has 0 bridgehead atoms. The van der Waals surface area contributed by atoms with Crippen molar-refractivity contribution in [3.05, 3.63) is 65.6 Å². The highest BCUT2D eigenvalue weighted by atomic mass is 32.1. The summed E-state index contributed by atoms with van der Waals surface area (Å²) in [5, 5.41) is 11.5. The van der Waals surface area contributed by atoms with E-state index in [1.54, 1.807) is 48.3 Å². The minimum Gasteiger partial charge on any atom is -0.321 e. The normalized spacial score (nSPS) is 11.5. The Bertz CT molecular complexity index is 1500. The average molecular weight is 413 g/mol. The highest BCUT2D eigenvalue weighted by molar-refractivity contribution is 7.08. The zero-order valence-corrected chi connectivity index (χ0v) is 16.1. The summed E-state index contributed by atoms with van der Waals surface area (Å²) in [5.74, 6) is -0.0376. The van der Waals surface area contributed by atoms with E-state index in [2.05, 4.69) is 35.5 Å². The van der Waals surface area contributed by atoms with Crippen LogP contribution in [0.15, 0.2) is 59.8 Å². The van der Waals surface area contributed by atoms with Crippen LogP contribution in [0.25, 0.3) is 56.0 Å². The Morgan fingerprint density at radius 2 is 1.93 bits per heavy atom. The number of hydrogen-bond acceptors (Lipinski definition) is 6. The highest BCUT2D eigenvalue weighted by Crippen LogP contribution is 2.34. The van der Waals surface area contributed by atoms with Crippen molar-refractivity contribution in [3.63, 3.8) is 0 Å². The molecule has 0 unspecified atom stereocenters. The van der Waals surface area contributed by atoms with E-state index in [1.807, 2.05) is 17.5 Å². The number of H-pyrrole nitrogens is 2. The van der Waals surface area contributed by atoms with E-state index in [4.69, 9.17) is 4.98 Å². The summed E-state index contributed by atoms with van der Waals surface area (Å²) in [4.78, 5) is 20.6. The minimum atomic E-state index is -0.476. The van der Waals surface area contributed by atoms with Crippen LogP contribution >= 0.6 is 11.3 Å². The van der Waals surface area contributed by atoms with Crippen LogP contribution in [0.2, 0.25) is 0 Å². The van der Waals surface area contributed by atoms with Gasteiger partial charge in [0.15, 0.2) is 17.3 Å². The van der Waals surface area contributed by atoms with Crippen LogP contribution in [-0.4, -0.2) is 35.1 Å². The van der Waals surface area contributed by atoms with Crippen molar-refractivity contribution in [2.24, 2.45) is 0 Å². The molecule has 2 N–H and O–H groups in total. The molecule has 144 valence electrons. The lowest BCUT2D eigenvalue weighted by Gasteiger charge is -2.03. The maximum atomic E-state index is 15.5. The first-order valence-electron chi connectivity index (χ1n) is 9.10. The average Bonchev–Trinajstić information content (AvgIpc) is 3.53. The fourth-order valence-electron chi connectivity index (χ4n) is 3.52. The van der Waals surface area contributed by atoms with Crippen LogP contribution in [0, 0.1) is 5.82 Å². The van der Waals surface area contributed by atoms with E-state index in [0.717, 1.165) is 11.1 Å². The fourth-order valence-corrected chi connectivity index (χ4v) is 4.18. The molecule has 7 nitrogen and oxygen atoms in total. The number of fused-ring (bicyclic) bond motifs is 2. The first-order chi connectivity index (χ1) is 14.8. The molecule has 6 aromatic heterocycles. The van der Waals surface area contributed by atoms with Crippen LogP contribution < -0.4 is 0 Å². The van der Waals surface area contributed by atoms with Gasteiger partial charge >= 0.3 is 0 Å². The van der Waals surface area contributed by atoms with Crippen LogP contribution in [0.4, 0.5) is 4.39 Å². The lowest BCUT2D eigenvalue weighted by molar-refractivity contribution is 0.638. The predicted octanol–water partition coefficient (Wildman–Crippen LogP) is 4.83. The maximum absolute atomic E-state index is 15.5. The second kappa shape index (κ2) is 6.53. The minimum absolute atomic E-state index is 0.214. The quantitative estimate of drug-likeness (QED) is 0.433. The van der Waals surface area contributed by atoms with E-state index < -0.39 is 5.82 Å². The smallest absolute Gasteiger partial charge is 0.161 e. The second-order valence-electron chi connectivity index (χ2n) is 6.68. The van der Waals surface area contributed by atoms with Gasteiger partial charge in [0.2, 0.25) is 0 Å². The van der Waals surface area contributed by atoms with Crippen molar-refractivity contribution < 1.29 is 4.39 Å². The number of nitrogens with zero attached hydrogens (tertiary/aromatic N) is 5. The molecule has 0 spiro atoms. The summed E-state index contributed by atoms with van der Waals surface area (Å²) in [7, 11) is 0. The number of hydrogen-bond donors (Lipinski definition) is 2. The number of imidazole rings is 1. The van der Waals surface area contributed by atoms with Crippen molar-refractivity contribution >= 4 is 33.4 Å². The van der Waals surface area contributed by atoms with Gasteiger partial charge in [-0.1, -0.05) is 0 Å². The number of aromatic amines is 2. The lowest BCUT2D eigenvalue weighted by Crippen LogP contribution is -1.92. The number of thiophene rings is 1. The first-order valence-corrected chi connectivity index (χ1v) is 10.0. The molecule has 6 aromatic rings. The number of nitrogens with one attached hydrogen (secondary N) is 2. The van der Waals surface area contributed by atoms with Crippen LogP contribution in [0.3, 0.4) is 0 Å². The van der Waals surface area contributed by atoms with E-state index in [0.29, 0.717) is 39.1 Å². The fraction of sp³-hybridized carbons (Fsp3) is 0. The van der Waals surface area contributed by atoms with Gasteiger partial charge in [-0.05, 0) is 40.6 Å². The molecule has 0 saturated heterocycles. The molecule has 0 saturated carbocycles. The van der Waals surface area contributed by atoms with Gasteiger partial charge < -0.3 is 4.98 Å². The third-order valence-corrected chi connectivity index (χ3v) is 5.60. The van der Waals surface area contributed by atoms with Gasteiger partial charge in [0.05, 0.1) is 17.1 Å². The highest BCUT2D eigenvalue weighted by Gasteiger charge is 2.21. The molecule has 0 fully saturated rings. The summed E-state index contributed by atoms with van der Waals surface area (Å²) < 4.78 is 15.5. The Kier molecular flexibility index (Phi) is 3.68. The number of rotatable bonds is 3. The lowest BCUT2D eigenvalue weighted by atomic mass is 10.1. The molecule has 0 aliphatic heterocycles. The van der Waals surface area contributed by atoms with Gasteiger partial charge in [-0.2, -0.15) is 16.4 Å². The van der Waals surface area contributed by atoms with Crippen molar-refractivity contribution in [2.45, 2.75) is 0 Å². The molecule has 0 aromatic carbocycles. The Morgan fingerprint density at radius 3 is 2.77 bits per heavy atom. The Morgan fingerprint density at radius 1 is 0.967 bits per heavy atom. The van der Waals surface area contributed by atoms with E-state index in [9.17, 15) is 0 Å². The molecule has 0 amide bonds. The van der Waals surface area contributed by atoms with E-state index in [1.165, 1.54) is 0 Å². The van der Waals surface area contributed by atoms with Crippen LogP contribution in [-0.2, 0) is 0 Å². The van der Waals surface area contributed by atoms with Gasteiger partial charge in [-0.3, -0.25) is 15.1 Å². The Labute approximate surface area is 172 Å². The topological polar surface area (TPSA) is 96.0 Å². The SMILES string of the molecule is Fc1c(-c2cccnc2)ncc2[nH]nc(-c3nc4c(-c5ccsc5)ccnc4[nH]3)c12. The summed E-state index contributed by atoms with van der Waals surface area (Å²) in [6, 6.07) is 7.46. The van der Waals surface area contributed by atoms with Crippen molar-refractivity contribution in [3.8, 4) is 33.9 Å². The molecule has 0 aliphatic carbocycles. The molecule has 6 rings (SSSR count). The standard InChI is InChI=1S/C21H12FN7S/c22-16-15-14(9-25-17(16)11-2-1-5-23-8-11)28-29-19(15)21-26-18-13(12-4-7-30-10-12)3-6-24-20(18)27-21/h1-10H,(H,28,29)(H,24,26,27). The van der Waals surface area contributed by atoms with Gasteiger partial charge in [-0.25, -0.2) is 14.4 Å². The zero-order chi connectivity index (χ0) is 20.1. The van der Waals surface area contributed by atoms with E-state index in [-0.39, 0.29) is 5.69 Å². The molecular formula is C21H12FN7S. The maximum Gasteiger partial charge on any atom is 0.161 e. The predicted molar refractivity (Wildman–Crippen MR) is 113 cm³/mol. The number of pyridine rings is 3. The monoisotopic (exact) mass is 413 g/mol. The largest absolute Gasteiger partial charge is 0.321 e. The summed E-state index contributed by atoms with van der Waals surface area (Å²) in [5.41, 5.74) is 5.02. The summed E-state index contributed by atoms with van der Waals surface area (Å²) in [6.07, 6.45) is 6.50. The summed E-state index contributed by atoms with van der Waals surface area (Å²) in [6.45, 7) is 0. The van der Waals surface area contributed by atoms with E-state index >= 15 is 4.39 Å². The molecular weight excluding hydrogens is 401 g/mol. The van der Waals surface area contributed by atoms with Crippen molar-refractivity contribution in [2.75, 3.05) is 0 Å². The molecule has 30 heavy (non-hydrogen) atoms. The summed E-state index contributed by atoms with van der Waals surface area (Å²) >= 11 is 1.61. The Hall–Kier alpha value is -3.98. The molecule has 6 heterocycles. The van der Waals surface area contributed by atoms with Crippen molar-refractivity contribution in [1.29, 1.82) is 0 Å². The third-order valence-electron chi connectivity index (χ3n) is 4.92.